The Hall–Kier alpha value is -2.84. The standard InChI is InChI=1S/C19H16BrN.C7H8/c1-14-2-10-18(11-3-14)21-19-12-6-16(7-13-19)15-4-8-17(20)9-5-15;1-7-5-3-2-4-6-7/h2-13,21H,1H3;2-6H,1H3. The van der Waals surface area contributed by atoms with Gasteiger partial charge in [0.1, 0.15) is 0 Å². The molecule has 0 spiro atoms. The first-order chi connectivity index (χ1) is 13.6. The van der Waals surface area contributed by atoms with Crippen LogP contribution in [0.4, 0.5) is 11.4 Å². The van der Waals surface area contributed by atoms with Crippen molar-refractivity contribution in [1.82, 2.24) is 0 Å². The van der Waals surface area contributed by atoms with Crippen LogP contribution in [0.5, 0.6) is 0 Å². The molecule has 0 bridgehead atoms. The van der Waals surface area contributed by atoms with Crippen LogP contribution in [0.2, 0.25) is 0 Å². The van der Waals surface area contributed by atoms with Crippen molar-refractivity contribution in [2.75, 3.05) is 5.32 Å². The zero-order valence-electron chi connectivity index (χ0n) is 16.2. The Morgan fingerprint density at radius 1 is 0.500 bits per heavy atom. The summed E-state index contributed by atoms with van der Waals surface area (Å²) in [6.07, 6.45) is 0. The SMILES string of the molecule is Cc1ccc(Nc2ccc(-c3ccc(Br)cc3)cc2)cc1.Cc1ccccc1. The second-order valence-corrected chi connectivity index (χ2v) is 7.65. The van der Waals surface area contributed by atoms with Crippen LogP contribution < -0.4 is 5.32 Å². The molecular formula is C26H24BrN. The quantitative estimate of drug-likeness (QED) is 0.346. The number of hydrogen-bond acceptors (Lipinski definition) is 1. The maximum Gasteiger partial charge on any atom is 0.0384 e. The highest BCUT2D eigenvalue weighted by molar-refractivity contribution is 9.10. The van der Waals surface area contributed by atoms with Gasteiger partial charge in [-0.15, -0.1) is 0 Å². The van der Waals surface area contributed by atoms with Gasteiger partial charge in [-0.25, -0.2) is 0 Å². The summed E-state index contributed by atoms with van der Waals surface area (Å²) in [6, 6.07) is 35.5. The number of anilines is 2. The van der Waals surface area contributed by atoms with E-state index in [4.69, 9.17) is 0 Å². The van der Waals surface area contributed by atoms with Gasteiger partial charge in [0, 0.05) is 15.8 Å². The Labute approximate surface area is 176 Å². The first-order valence-corrected chi connectivity index (χ1v) is 10.1. The lowest BCUT2D eigenvalue weighted by molar-refractivity contribution is 1.45. The molecule has 0 amide bonds. The summed E-state index contributed by atoms with van der Waals surface area (Å²) in [6.45, 7) is 4.18. The fourth-order valence-corrected chi connectivity index (χ4v) is 2.99. The van der Waals surface area contributed by atoms with Crippen LogP contribution in [-0.2, 0) is 0 Å². The molecule has 2 heteroatoms. The molecular weight excluding hydrogens is 406 g/mol. The summed E-state index contributed by atoms with van der Waals surface area (Å²) in [5, 5.41) is 3.41. The predicted molar refractivity (Wildman–Crippen MR) is 125 cm³/mol. The number of aryl methyl sites for hydroxylation is 2. The maximum absolute atomic E-state index is 3.46. The van der Waals surface area contributed by atoms with Gasteiger partial charge in [0.2, 0.25) is 0 Å². The Bertz CT molecular complexity index is 973. The molecule has 0 saturated carbocycles. The molecule has 4 aromatic rings. The fourth-order valence-electron chi connectivity index (χ4n) is 2.73. The molecule has 4 aromatic carbocycles. The van der Waals surface area contributed by atoms with Gasteiger partial charge in [0.25, 0.3) is 0 Å². The van der Waals surface area contributed by atoms with E-state index < -0.39 is 0 Å². The van der Waals surface area contributed by atoms with E-state index in [0.717, 1.165) is 15.8 Å². The van der Waals surface area contributed by atoms with Crippen molar-refractivity contribution in [1.29, 1.82) is 0 Å². The molecule has 28 heavy (non-hydrogen) atoms. The van der Waals surface area contributed by atoms with Crippen molar-refractivity contribution in [2.45, 2.75) is 13.8 Å². The van der Waals surface area contributed by atoms with Gasteiger partial charge in [-0.3, -0.25) is 0 Å². The van der Waals surface area contributed by atoms with Crippen molar-refractivity contribution >= 4 is 27.3 Å². The molecule has 1 nitrogen and oxygen atoms in total. The van der Waals surface area contributed by atoms with E-state index in [0.29, 0.717) is 0 Å². The fraction of sp³-hybridized carbons (Fsp3) is 0.0769. The highest BCUT2D eigenvalue weighted by atomic mass is 79.9. The average molecular weight is 430 g/mol. The first-order valence-electron chi connectivity index (χ1n) is 9.31. The van der Waals surface area contributed by atoms with Crippen LogP contribution in [0, 0.1) is 13.8 Å². The van der Waals surface area contributed by atoms with Crippen molar-refractivity contribution in [3.63, 3.8) is 0 Å². The second kappa shape index (κ2) is 9.91. The first kappa shape index (κ1) is 19.9. The monoisotopic (exact) mass is 429 g/mol. The lowest BCUT2D eigenvalue weighted by atomic mass is 10.1. The van der Waals surface area contributed by atoms with Crippen LogP contribution in [-0.4, -0.2) is 0 Å². The highest BCUT2D eigenvalue weighted by Gasteiger charge is 1.99. The molecule has 0 aliphatic heterocycles. The van der Waals surface area contributed by atoms with E-state index in [9.17, 15) is 0 Å². The molecule has 0 aromatic heterocycles. The summed E-state index contributed by atoms with van der Waals surface area (Å²) >= 11 is 3.46. The zero-order chi connectivity index (χ0) is 19.8. The summed E-state index contributed by atoms with van der Waals surface area (Å²) in [7, 11) is 0. The van der Waals surface area contributed by atoms with E-state index in [1.807, 2.05) is 18.2 Å². The third-order valence-corrected chi connectivity index (χ3v) is 4.87. The van der Waals surface area contributed by atoms with Gasteiger partial charge in [0.15, 0.2) is 0 Å². The summed E-state index contributed by atoms with van der Waals surface area (Å²) in [4.78, 5) is 0. The van der Waals surface area contributed by atoms with Gasteiger partial charge < -0.3 is 5.32 Å². The summed E-state index contributed by atoms with van der Waals surface area (Å²) in [5.41, 5.74) is 7.24. The van der Waals surface area contributed by atoms with Gasteiger partial charge in [0.05, 0.1) is 0 Å². The molecule has 0 saturated heterocycles. The van der Waals surface area contributed by atoms with Crippen LogP contribution >= 0.6 is 15.9 Å². The molecule has 1 N–H and O–H groups in total. The van der Waals surface area contributed by atoms with Gasteiger partial charge in [-0.1, -0.05) is 93.8 Å². The van der Waals surface area contributed by atoms with Gasteiger partial charge in [-0.05, 0) is 61.4 Å². The van der Waals surface area contributed by atoms with Crippen LogP contribution in [0.15, 0.2) is 108 Å². The number of halogens is 1. The summed E-state index contributed by atoms with van der Waals surface area (Å²) in [5.74, 6) is 0. The third kappa shape index (κ3) is 6.11. The Kier molecular flexibility index (Phi) is 7.05. The molecule has 0 aliphatic rings. The van der Waals surface area contributed by atoms with Crippen LogP contribution in [0.1, 0.15) is 11.1 Å². The second-order valence-electron chi connectivity index (χ2n) is 6.73. The Balaban J connectivity index is 0.000000271. The molecule has 0 unspecified atom stereocenters. The minimum atomic E-state index is 1.10. The van der Waals surface area contributed by atoms with Crippen molar-refractivity contribution in [2.24, 2.45) is 0 Å². The zero-order valence-corrected chi connectivity index (χ0v) is 17.8. The number of nitrogens with one attached hydrogen (secondary N) is 1. The van der Waals surface area contributed by atoms with E-state index in [1.165, 1.54) is 22.3 Å². The number of rotatable bonds is 3. The van der Waals surface area contributed by atoms with E-state index in [-0.39, 0.29) is 0 Å². The molecule has 0 fully saturated rings. The number of benzene rings is 4. The Morgan fingerprint density at radius 3 is 1.39 bits per heavy atom. The molecule has 4 rings (SSSR count). The van der Waals surface area contributed by atoms with Gasteiger partial charge in [-0.2, -0.15) is 0 Å². The van der Waals surface area contributed by atoms with E-state index in [1.54, 1.807) is 0 Å². The van der Waals surface area contributed by atoms with Crippen molar-refractivity contribution in [3.8, 4) is 11.1 Å². The number of hydrogen-bond donors (Lipinski definition) is 1. The van der Waals surface area contributed by atoms with Crippen LogP contribution in [0.3, 0.4) is 0 Å². The third-order valence-electron chi connectivity index (χ3n) is 4.34. The largest absolute Gasteiger partial charge is 0.356 e. The minimum absolute atomic E-state index is 1.10. The minimum Gasteiger partial charge on any atom is -0.356 e. The molecule has 140 valence electrons. The normalized spacial score (nSPS) is 9.96. The van der Waals surface area contributed by atoms with E-state index >= 15 is 0 Å². The Morgan fingerprint density at radius 2 is 0.929 bits per heavy atom. The topological polar surface area (TPSA) is 12.0 Å². The maximum atomic E-state index is 3.46. The smallest absolute Gasteiger partial charge is 0.0384 e. The lowest BCUT2D eigenvalue weighted by Gasteiger charge is -2.08. The molecule has 0 atom stereocenters. The average Bonchev–Trinajstić information content (AvgIpc) is 2.72. The van der Waals surface area contributed by atoms with Crippen LogP contribution in [0.25, 0.3) is 11.1 Å². The highest BCUT2D eigenvalue weighted by Crippen LogP contribution is 2.24. The van der Waals surface area contributed by atoms with Gasteiger partial charge >= 0.3 is 0 Å². The van der Waals surface area contributed by atoms with Crippen molar-refractivity contribution in [3.05, 3.63) is 119 Å². The predicted octanol–water partition coefficient (Wildman–Crippen LogP) is 8.16. The lowest BCUT2D eigenvalue weighted by Crippen LogP contribution is -1.90. The molecule has 0 radical (unpaired) electrons. The van der Waals surface area contributed by atoms with E-state index in [2.05, 4.69) is 120 Å². The summed E-state index contributed by atoms with van der Waals surface area (Å²) < 4.78 is 1.10. The molecule has 0 aliphatic carbocycles. The molecule has 0 heterocycles. The van der Waals surface area contributed by atoms with Crippen molar-refractivity contribution < 1.29 is 0 Å².